The fourth-order valence-electron chi connectivity index (χ4n) is 1.81. The highest BCUT2D eigenvalue weighted by molar-refractivity contribution is 9.10. The van der Waals surface area contributed by atoms with E-state index in [2.05, 4.69) is 15.9 Å². The van der Waals surface area contributed by atoms with Crippen LogP contribution >= 0.6 is 27.5 Å². The van der Waals surface area contributed by atoms with Crippen LogP contribution in [0.2, 0.25) is 5.02 Å². The van der Waals surface area contributed by atoms with Crippen LogP contribution in [0, 0.1) is 5.82 Å². The molecule has 94 valence electrons. The molecule has 2 aromatic carbocycles. The van der Waals surface area contributed by atoms with Gasteiger partial charge in [-0.1, -0.05) is 51.8 Å². The lowest BCUT2D eigenvalue weighted by molar-refractivity contribution is 0.593. The van der Waals surface area contributed by atoms with Crippen molar-refractivity contribution in [2.45, 2.75) is 12.5 Å². The van der Waals surface area contributed by atoms with Gasteiger partial charge in [-0.05, 0) is 35.7 Å². The molecular formula is C14H12BrClFN. The first-order valence-corrected chi connectivity index (χ1v) is 6.69. The molecule has 0 saturated carbocycles. The summed E-state index contributed by atoms with van der Waals surface area (Å²) < 4.78 is 14.4. The Hall–Kier alpha value is -0.900. The minimum atomic E-state index is -0.317. The number of benzene rings is 2. The zero-order valence-electron chi connectivity index (χ0n) is 9.54. The minimum Gasteiger partial charge on any atom is -0.324 e. The lowest BCUT2D eigenvalue weighted by Gasteiger charge is -2.14. The highest BCUT2D eigenvalue weighted by Gasteiger charge is 2.13. The third-order valence-corrected chi connectivity index (χ3v) is 3.58. The summed E-state index contributed by atoms with van der Waals surface area (Å²) in [4.78, 5) is 0. The summed E-state index contributed by atoms with van der Waals surface area (Å²) in [5.41, 5.74) is 7.50. The molecule has 2 aromatic rings. The van der Waals surface area contributed by atoms with E-state index in [1.165, 1.54) is 6.07 Å². The molecular weight excluding hydrogens is 317 g/mol. The van der Waals surface area contributed by atoms with Crippen LogP contribution in [0.4, 0.5) is 4.39 Å². The molecule has 2 rings (SSSR count). The second-order valence-electron chi connectivity index (χ2n) is 4.07. The maximum atomic E-state index is 13.5. The molecule has 0 spiro atoms. The molecule has 0 fully saturated rings. The second-order valence-corrected chi connectivity index (χ2v) is 5.39. The molecule has 0 bridgehead atoms. The predicted molar refractivity (Wildman–Crippen MR) is 76.2 cm³/mol. The van der Waals surface area contributed by atoms with Crippen LogP contribution in [0.15, 0.2) is 46.9 Å². The van der Waals surface area contributed by atoms with E-state index in [0.717, 1.165) is 10.0 Å². The van der Waals surface area contributed by atoms with Crippen LogP contribution in [0.5, 0.6) is 0 Å². The van der Waals surface area contributed by atoms with Crippen LogP contribution in [-0.2, 0) is 6.42 Å². The molecule has 0 heterocycles. The van der Waals surface area contributed by atoms with Crippen molar-refractivity contribution in [2.24, 2.45) is 5.73 Å². The fraction of sp³-hybridized carbons (Fsp3) is 0.143. The smallest absolute Gasteiger partial charge is 0.126 e. The van der Waals surface area contributed by atoms with E-state index >= 15 is 0 Å². The Morgan fingerprint density at radius 1 is 1.22 bits per heavy atom. The largest absolute Gasteiger partial charge is 0.324 e. The van der Waals surface area contributed by atoms with Gasteiger partial charge in [-0.2, -0.15) is 0 Å². The van der Waals surface area contributed by atoms with Gasteiger partial charge in [0.1, 0.15) is 5.82 Å². The van der Waals surface area contributed by atoms with Crippen molar-refractivity contribution in [3.63, 3.8) is 0 Å². The molecule has 18 heavy (non-hydrogen) atoms. The molecule has 0 amide bonds. The Labute approximate surface area is 119 Å². The van der Waals surface area contributed by atoms with Crippen LogP contribution in [0.3, 0.4) is 0 Å². The third kappa shape index (κ3) is 3.10. The minimum absolute atomic E-state index is 0.235. The highest BCUT2D eigenvalue weighted by atomic mass is 79.9. The van der Waals surface area contributed by atoms with Crippen LogP contribution in [0.1, 0.15) is 17.2 Å². The van der Waals surface area contributed by atoms with Crippen molar-refractivity contribution in [2.75, 3.05) is 0 Å². The molecule has 0 aliphatic rings. The zero-order valence-corrected chi connectivity index (χ0v) is 11.9. The standard InChI is InChI=1S/C14H12BrClFN/c15-10-5-6-11(12(16)8-10)14(18)7-9-3-1-2-4-13(9)17/h1-6,8,14H,7,18H2. The number of nitrogens with two attached hydrogens (primary N) is 1. The van der Waals surface area contributed by atoms with Gasteiger partial charge in [0.25, 0.3) is 0 Å². The van der Waals surface area contributed by atoms with Crippen LogP contribution in [-0.4, -0.2) is 0 Å². The van der Waals surface area contributed by atoms with E-state index in [0.29, 0.717) is 17.0 Å². The van der Waals surface area contributed by atoms with Gasteiger partial charge < -0.3 is 5.73 Å². The Morgan fingerprint density at radius 2 is 1.94 bits per heavy atom. The fourth-order valence-corrected chi connectivity index (χ4v) is 2.63. The van der Waals surface area contributed by atoms with Gasteiger partial charge in [0.15, 0.2) is 0 Å². The Kier molecular flexibility index (Phi) is 4.38. The highest BCUT2D eigenvalue weighted by Crippen LogP contribution is 2.27. The van der Waals surface area contributed by atoms with Crippen molar-refractivity contribution in [1.82, 2.24) is 0 Å². The maximum absolute atomic E-state index is 13.5. The third-order valence-electron chi connectivity index (χ3n) is 2.76. The first-order chi connectivity index (χ1) is 8.58. The Balaban J connectivity index is 2.22. The first-order valence-electron chi connectivity index (χ1n) is 5.52. The Bertz CT molecular complexity index is 559. The predicted octanol–water partition coefficient (Wildman–Crippen LogP) is 4.48. The molecule has 4 heteroatoms. The molecule has 1 nitrogen and oxygen atoms in total. The number of rotatable bonds is 3. The molecule has 0 radical (unpaired) electrons. The topological polar surface area (TPSA) is 26.0 Å². The zero-order chi connectivity index (χ0) is 13.1. The van der Waals surface area contributed by atoms with Gasteiger partial charge in [0.2, 0.25) is 0 Å². The molecule has 2 N–H and O–H groups in total. The van der Waals surface area contributed by atoms with E-state index in [1.807, 2.05) is 12.1 Å². The van der Waals surface area contributed by atoms with E-state index in [-0.39, 0.29) is 11.9 Å². The summed E-state index contributed by atoms with van der Waals surface area (Å²) in [6.07, 6.45) is 0.425. The van der Waals surface area contributed by atoms with Crippen molar-refractivity contribution in [3.05, 3.63) is 68.9 Å². The average Bonchev–Trinajstić information content (AvgIpc) is 2.32. The number of hydrogen-bond acceptors (Lipinski definition) is 1. The van der Waals surface area contributed by atoms with Gasteiger partial charge in [-0.25, -0.2) is 4.39 Å². The summed E-state index contributed by atoms with van der Waals surface area (Å²) in [6.45, 7) is 0. The molecule has 0 saturated heterocycles. The maximum Gasteiger partial charge on any atom is 0.126 e. The van der Waals surface area contributed by atoms with Gasteiger partial charge >= 0.3 is 0 Å². The van der Waals surface area contributed by atoms with Crippen LogP contribution < -0.4 is 5.73 Å². The van der Waals surface area contributed by atoms with E-state index < -0.39 is 0 Å². The number of halogens is 3. The quantitative estimate of drug-likeness (QED) is 0.883. The number of hydrogen-bond donors (Lipinski definition) is 1. The van der Waals surface area contributed by atoms with Crippen molar-refractivity contribution in [1.29, 1.82) is 0 Å². The molecule has 0 aromatic heterocycles. The van der Waals surface area contributed by atoms with Gasteiger partial charge in [-0.3, -0.25) is 0 Å². The van der Waals surface area contributed by atoms with Gasteiger partial charge in [-0.15, -0.1) is 0 Å². The average molecular weight is 329 g/mol. The second kappa shape index (κ2) is 5.83. The van der Waals surface area contributed by atoms with Crippen LogP contribution in [0.25, 0.3) is 0 Å². The Morgan fingerprint density at radius 3 is 2.61 bits per heavy atom. The summed E-state index contributed by atoms with van der Waals surface area (Å²) in [5.74, 6) is -0.235. The summed E-state index contributed by atoms with van der Waals surface area (Å²) in [6, 6.07) is 11.8. The van der Waals surface area contributed by atoms with Gasteiger partial charge in [0.05, 0.1) is 0 Å². The van der Waals surface area contributed by atoms with Crippen molar-refractivity contribution >= 4 is 27.5 Å². The summed E-state index contributed by atoms with van der Waals surface area (Å²) in [7, 11) is 0. The van der Waals surface area contributed by atoms with Crippen molar-refractivity contribution < 1.29 is 4.39 Å². The van der Waals surface area contributed by atoms with E-state index in [1.54, 1.807) is 24.3 Å². The van der Waals surface area contributed by atoms with E-state index in [4.69, 9.17) is 17.3 Å². The summed E-state index contributed by atoms with van der Waals surface area (Å²) in [5, 5.41) is 0.591. The summed E-state index contributed by atoms with van der Waals surface area (Å²) >= 11 is 9.47. The molecule has 0 aliphatic heterocycles. The molecule has 1 unspecified atom stereocenters. The monoisotopic (exact) mass is 327 g/mol. The lowest BCUT2D eigenvalue weighted by atomic mass is 9.99. The molecule has 1 atom stereocenters. The van der Waals surface area contributed by atoms with E-state index in [9.17, 15) is 4.39 Å². The molecule has 0 aliphatic carbocycles. The SMILES string of the molecule is NC(Cc1ccccc1F)c1ccc(Br)cc1Cl. The normalized spacial score (nSPS) is 12.4. The first kappa shape index (κ1) is 13.5. The van der Waals surface area contributed by atoms with Crippen molar-refractivity contribution in [3.8, 4) is 0 Å². The van der Waals surface area contributed by atoms with Gasteiger partial charge in [0, 0.05) is 15.5 Å². The lowest BCUT2D eigenvalue weighted by Crippen LogP contribution is -2.14.